The number of nitrogens with one attached hydrogen (secondary N) is 1. The SMILES string of the molecule is CCOC(=O)NCCCCc1ccc2c(c1)OCCO2. The molecule has 1 aromatic rings. The molecule has 0 unspecified atom stereocenters. The average Bonchev–Trinajstić information content (AvgIpc) is 2.47. The van der Waals surface area contributed by atoms with E-state index in [4.69, 9.17) is 14.2 Å². The van der Waals surface area contributed by atoms with Crippen LogP contribution in [0.1, 0.15) is 25.3 Å². The molecule has 5 heteroatoms. The molecule has 0 atom stereocenters. The molecule has 1 aliphatic heterocycles. The Morgan fingerprint density at radius 3 is 2.85 bits per heavy atom. The van der Waals surface area contributed by atoms with E-state index in [0.29, 0.717) is 26.4 Å². The smallest absolute Gasteiger partial charge is 0.407 e. The minimum atomic E-state index is -0.341. The summed E-state index contributed by atoms with van der Waals surface area (Å²) in [5.41, 5.74) is 1.23. The Morgan fingerprint density at radius 1 is 1.25 bits per heavy atom. The van der Waals surface area contributed by atoms with Gasteiger partial charge in [0.05, 0.1) is 6.61 Å². The first-order chi connectivity index (χ1) is 9.79. The first kappa shape index (κ1) is 14.5. The third-order valence-electron chi connectivity index (χ3n) is 3.04. The minimum absolute atomic E-state index is 0.341. The Hall–Kier alpha value is -1.91. The van der Waals surface area contributed by atoms with Gasteiger partial charge in [-0.2, -0.15) is 0 Å². The van der Waals surface area contributed by atoms with Crippen LogP contribution in [0.5, 0.6) is 11.5 Å². The van der Waals surface area contributed by atoms with Crippen LogP contribution in [0.3, 0.4) is 0 Å². The molecule has 0 saturated carbocycles. The summed E-state index contributed by atoms with van der Waals surface area (Å²) in [6, 6.07) is 6.06. The maximum Gasteiger partial charge on any atom is 0.407 e. The van der Waals surface area contributed by atoms with Gasteiger partial charge in [-0.3, -0.25) is 0 Å². The quantitative estimate of drug-likeness (QED) is 0.813. The van der Waals surface area contributed by atoms with Crippen molar-refractivity contribution in [2.75, 3.05) is 26.4 Å². The molecule has 1 amide bonds. The topological polar surface area (TPSA) is 56.8 Å². The van der Waals surface area contributed by atoms with Gasteiger partial charge in [-0.15, -0.1) is 0 Å². The molecular formula is C15H21NO4. The fraction of sp³-hybridized carbons (Fsp3) is 0.533. The van der Waals surface area contributed by atoms with Gasteiger partial charge in [0.15, 0.2) is 11.5 Å². The molecule has 0 radical (unpaired) electrons. The highest BCUT2D eigenvalue weighted by molar-refractivity contribution is 5.66. The van der Waals surface area contributed by atoms with Gasteiger partial charge in [0.25, 0.3) is 0 Å². The van der Waals surface area contributed by atoms with E-state index in [-0.39, 0.29) is 6.09 Å². The average molecular weight is 279 g/mol. The number of ether oxygens (including phenoxy) is 3. The molecular weight excluding hydrogens is 258 g/mol. The molecule has 110 valence electrons. The third kappa shape index (κ3) is 4.33. The number of alkyl carbamates (subject to hydrolysis) is 1. The van der Waals surface area contributed by atoms with Gasteiger partial charge in [0.1, 0.15) is 13.2 Å². The van der Waals surface area contributed by atoms with Crippen LogP contribution in [0.4, 0.5) is 4.79 Å². The summed E-state index contributed by atoms with van der Waals surface area (Å²) in [5.74, 6) is 1.65. The molecule has 0 aliphatic carbocycles. The first-order valence-corrected chi connectivity index (χ1v) is 7.08. The normalized spacial score (nSPS) is 12.8. The van der Waals surface area contributed by atoms with E-state index < -0.39 is 0 Å². The van der Waals surface area contributed by atoms with Crippen LogP contribution in [0.25, 0.3) is 0 Å². The molecule has 0 bridgehead atoms. The zero-order valence-electron chi connectivity index (χ0n) is 11.8. The largest absolute Gasteiger partial charge is 0.486 e. The Bertz CT molecular complexity index is 447. The number of carbonyl (C=O) groups is 1. The number of rotatable bonds is 6. The standard InChI is InChI=1S/C15H21NO4/c1-2-18-15(17)16-8-4-3-5-12-6-7-13-14(11-12)20-10-9-19-13/h6-7,11H,2-5,8-10H2,1H3,(H,16,17). The number of amides is 1. The van der Waals surface area contributed by atoms with Crippen molar-refractivity contribution in [2.24, 2.45) is 0 Å². The van der Waals surface area contributed by atoms with Crippen LogP contribution >= 0.6 is 0 Å². The molecule has 2 rings (SSSR count). The van der Waals surface area contributed by atoms with Gasteiger partial charge < -0.3 is 19.5 Å². The predicted octanol–water partition coefficient (Wildman–Crippen LogP) is 2.53. The molecule has 5 nitrogen and oxygen atoms in total. The van der Waals surface area contributed by atoms with Crippen molar-refractivity contribution in [3.63, 3.8) is 0 Å². The molecule has 0 saturated heterocycles. The van der Waals surface area contributed by atoms with Gasteiger partial charge in [0, 0.05) is 6.54 Å². The van der Waals surface area contributed by atoms with Crippen molar-refractivity contribution in [3.05, 3.63) is 23.8 Å². The van der Waals surface area contributed by atoms with E-state index >= 15 is 0 Å². The molecule has 20 heavy (non-hydrogen) atoms. The van der Waals surface area contributed by atoms with E-state index in [1.807, 2.05) is 12.1 Å². The zero-order valence-corrected chi connectivity index (χ0v) is 11.8. The monoisotopic (exact) mass is 279 g/mol. The second-order valence-corrected chi connectivity index (χ2v) is 4.58. The number of carbonyl (C=O) groups excluding carboxylic acids is 1. The lowest BCUT2D eigenvalue weighted by Crippen LogP contribution is -2.25. The maximum absolute atomic E-state index is 11.1. The number of fused-ring (bicyclic) bond motifs is 1. The second kappa shape index (κ2) is 7.62. The molecule has 0 fully saturated rings. The second-order valence-electron chi connectivity index (χ2n) is 4.58. The summed E-state index contributed by atoms with van der Waals surface area (Å²) in [5, 5.41) is 2.71. The highest BCUT2D eigenvalue weighted by atomic mass is 16.6. The van der Waals surface area contributed by atoms with E-state index in [9.17, 15) is 4.79 Å². The molecule has 1 aliphatic rings. The fourth-order valence-corrected chi connectivity index (χ4v) is 2.07. The van der Waals surface area contributed by atoms with Crippen LogP contribution < -0.4 is 14.8 Å². The first-order valence-electron chi connectivity index (χ1n) is 7.08. The summed E-state index contributed by atoms with van der Waals surface area (Å²) in [6.45, 7) is 4.07. The summed E-state index contributed by atoms with van der Waals surface area (Å²) in [6.07, 6.45) is 2.55. The number of benzene rings is 1. The zero-order chi connectivity index (χ0) is 14.2. The van der Waals surface area contributed by atoms with Crippen molar-refractivity contribution in [3.8, 4) is 11.5 Å². The lowest BCUT2D eigenvalue weighted by atomic mass is 10.1. The Morgan fingerprint density at radius 2 is 2.05 bits per heavy atom. The lowest BCUT2D eigenvalue weighted by Gasteiger charge is -2.18. The molecule has 0 aromatic heterocycles. The van der Waals surface area contributed by atoms with Crippen LogP contribution in [0.15, 0.2) is 18.2 Å². The lowest BCUT2D eigenvalue weighted by molar-refractivity contribution is 0.152. The van der Waals surface area contributed by atoms with Gasteiger partial charge in [-0.25, -0.2) is 4.79 Å². The molecule has 1 N–H and O–H groups in total. The summed E-state index contributed by atoms with van der Waals surface area (Å²) >= 11 is 0. The highest BCUT2D eigenvalue weighted by Gasteiger charge is 2.11. The maximum atomic E-state index is 11.1. The fourth-order valence-electron chi connectivity index (χ4n) is 2.07. The Kier molecular flexibility index (Phi) is 5.53. The predicted molar refractivity (Wildman–Crippen MR) is 75.4 cm³/mol. The van der Waals surface area contributed by atoms with Crippen LogP contribution in [0.2, 0.25) is 0 Å². The van der Waals surface area contributed by atoms with Crippen molar-refractivity contribution in [1.29, 1.82) is 0 Å². The van der Waals surface area contributed by atoms with Crippen molar-refractivity contribution in [1.82, 2.24) is 5.32 Å². The summed E-state index contributed by atoms with van der Waals surface area (Å²) in [7, 11) is 0. The number of hydrogen-bond acceptors (Lipinski definition) is 4. The summed E-state index contributed by atoms with van der Waals surface area (Å²) < 4.78 is 15.8. The minimum Gasteiger partial charge on any atom is -0.486 e. The highest BCUT2D eigenvalue weighted by Crippen LogP contribution is 2.31. The van der Waals surface area contributed by atoms with Crippen LogP contribution in [-0.2, 0) is 11.2 Å². The van der Waals surface area contributed by atoms with Gasteiger partial charge in [-0.05, 0) is 43.9 Å². The summed E-state index contributed by atoms with van der Waals surface area (Å²) in [4.78, 5) is 11.1. The number of aryl methyl sites for hydroxylation is 1. The molecule has 0 spiro atoms. The number of hydrogen-bond donors (Lipinski definition) is 1. The van der Waals surface area contributed by atoms with Gasteiger partial charge >= 0.3 is 6.09 Å². The van der Waals surface area contributed by atoms with Gasteiger partial charge in [0.2, 0.25) is 0 Å². The van der Waals surface area contributed by atoms with Crippen LogP contribution in [0, 0.1) is 0 Å². The van der Waals surface area contributed by atoms with Crippen molar-refractivity contribution in [2.45, 2.75) is 26.2 Å². The molecule has 1 aromatic carbocycles. The van der Waals surface area contributed by atoms with E-state index in [0.717, 1.165) is 30.8 Å². The van der Waals surface area contributed by atoms with E-state index in [1.54, 1.807) is 6.92 Å². The van der Waals surface area contributed by atoms with Crippen LogP contribution in [-0.4, -0.2) is 32.5 Å². The van der Waals surface area contributed by atoms with E-state index in [2.05, 4.69) is 11.4 Å². The Labute approximate surface area is 119 Å². The number of unbranched alkanes of at least 4 members (excludes halogenated alkanes) is 1. The van der Waals surface area contributed by atoms with Crippen molar-refractivity contribution < 1.29 is 19.0 Å². The van der Waals surface area contributed by atoms with Crippen molar-refractivity contribution >= 4 is 6.09 Å². The third-order valence-corrected chi connectivity index (χ3v) is 3.04. The molecule has 1 heterocycles. The Balaban J connectivity index is 1.68. The van der Waals surface area contributed by atoms with Gasteiger partial charge in [-0.1, -0.05) is 6.07 Å². The van der Waals surface area contributed by atoms with E-state index in [1.165, 1.54) is 5.56 Å².